The van der Waals surface area contributed by atoms with Crippen LogP contribution >= 0.6 is 11.6 Å². The molecule has 5 heteroatoms. The van der Waals surface area contributed by atoms with Crippen LogP contribution in [0.15, 0.2) is 18.2 Å². The van der Waals surface area contributed by atoms with Crippen LogP contribution in [0.4, 0.5) is 0 Å². The summed E-state index contributed by atoms with van der Waals surface area (Å²) >= 11 is 6.04. The lowest BCUT2D eigenvalue weighted by molar-refractivity contribution is -0.143. The molecule has 1 aromatic carbocycles. The molecule has 19 heavy (non-hydrogen) atoms. The fourth-order valence-electron chi connectivity index (χ4n) is 1.76. The van der Waals surface area contributed by atoms with Crippen molar-refractivity contribution in [2.75, 3.05) is 13.2 Å². The molecular weight excluding hydrogens is 266 g/mol. The van der Waals surface area contributed by atoms with Gasteiger partial charge in [-0.15, -0.1) is 0 Å². The number of aliphatic hydroxyl groups is 1. The van der Waals surface area contributed by atoms with E-state index in [1.807, 2.05) is 13.0 Å². The molecule has 0 saturated carbocycles. The summed E-state index contributed by atoms with van der Waals surface area (Å²) in [4.78, 5) is 11.4. The van der Waals surface area contributed by atoms with Gasteiger partial charge in [0, 0.05) is 23.6 Å². The van der Waals surface area contributed by atoms with Gasteiger partial charge in [-0.1, -0.05) is 24.6 Å². The lowest BCUT2D eigenvalue weighted by Crippen LogP contribution is -2.17. The van der Waals surface area contributed by atoms with Gasteiger partial charge in [0.15, 0.2) is 0 Å². The molecule has 4 nitrogen and oxygen atoms in total. The van der Waals surface area contributed by atoms with Crippen LogP contribution in [-0.4, -0.2) is 24.3 Å². The summed E-state index contributed by atoms with van der Waals surface area (Å²) in [5.41, 5.74) is 7.66. The van der Waals surface area contributed by atoms with Crippen LogP contribution in [0.5, 0.6) is 0 Å². The van der Waals surface area contributed by atoms with Crippen molar-refractivity contribution < 1.29 is 14.6 Å². The fraction of sp³-hybridized carbons (Fsp3) is 0.500. The van der Waals surface area contributed by atoms with Gasteiger partial charge >= 0.3 is 5.97 Å². The summed E-state index contributed by atoms with van der Waals surface area (Å²) in [5, 5.41) is 9.72. The van der Waals surface area contributed by atoms with Crippen LogP contribution < -0.4 is 5.73 Å². The summed E-state index contributed by atoms with van der Waals surface area (Å²) in [6, 6.07) is 4.95. The Bertz CT molecular complexity index is 437. The van der Waals surface area contributed by atoms with Crippen molar-refractivity contribution in [1.29, 1.82) is 0 Å². The van der Waals surface area contributed by atoms with Crippen LogP contribution in [0, 0.1) is 0 Å². The first-order chi connectivity index (χ1) is 8.97. The molecule has 1 aromatic rings. The van der Waals surface area contributed by atoms with Crippen molar-refractivity contribution in [2.24, 2.45) is 5.73 Å². The van der Waals surface area contributed by atoms with Crippen molar-refractivity contribution >= 4 is 17.6 Å². The molecule has 0 aromatic heterocycles. The summed E-state index contributed by atoms with van der Waals surface area (Å²) in [7, 11) is 0. The third-order valence-corrected chi connectivity index (χ3v) is 3.12. The molecule has 0 heterocycles. The first-order valence-electron chi connectivity index (χ1n) is 6.30. The Labute approximate surface area is 118 Å². The summed E-state index contributed by atoms with van der Waals surface area (Å²) in [6.07, 6.45) is 0.112. The average Bonchev–Trinajstić information content (AvgIpc) is 2.37. The molecule has 0 fully saturated rings. The number of benzene rings is 1. The second-order valence-corrected chi connectivity index (χ2v) is 4.95. The number of hydrogen-bond acceptors (Lipinski definition) is 4. The average molecular weight is 286 g/mol. The minimum absolute atomic E-state index is 0.0211. The first-order valence-corrected chi connectivity index (χ1v) is 6.68. The Morgan fingerprint density at radius 1 is 1.42 bits per heavy atom. The largest absolute Gasteiger partial charge is 0.466 e. The van der Waals surface area contributed by atoms with E-state index in [-0.39, 0.29) is 24.9 Å². The lowest BCUT2D eigenvalue weighted by atomic mass is 9.96. The molecule has 3 N–H and O–H groups in total. The molecule has 2 atom stereocenters. The van der Waals surface area contributed by atoms with E-state index in [2.05, 4.69) is 0 Å². The maximum absolute atomic E-state index is 11.4. The first kappa shape index (κ1) is 16.0. The number of aliphatic hydroxyl groups excluding tert-OH is 1. The van der Waals surface area contributed by atoms with Gasteiger partial charge in [-0.25, -0.2) is 0 Å². The van der Waals surface area contributed by atoms with Gasteiger partial charge in [0.2, 0.25) is 0 Å². The Balaban J connectivity index is 2.87. The molecule has 0 aliphatic carbocycles. The zero-order chi connectivity index (χ0) is 14.4. The Morgan fingerprint density at radius 2 is 2.05 bits per heavy atom. The second-order valence-electron chi connectivity index (χ2n) is 4.52. The van der Waals surface area contributed by atoms with Gasteiger partial charge in [-0.05, 0) is 30.2 Å². The maximum Gasteiger partial charge on any atom is 0.307 e. The van der Waals surface area contributed by atoms with Gasteiger partial charge in [0.1, 0.15) is 0 Å². The monoisotopic (exact) mass is 285 g/mol. The number of ether oxygens (including phenoxy) is 1. The minimum atomic E-state index is -0.456. The molecule has 0 amide bonds. The fourth-order valence-corrected chi connectivity index (χ4v) is 2.01. The number of nitrogens with two attached hydrogens (primary N) is 1. The van der Waals surface area contributed by atoms with Gasteiger partial charge in [-0.3, -0.25) is 4.79 Å². The quantitative estimate of drug-likeness (QED) is 0.787. The zero-order valence-corrected chi connectivity index (χ0v) is 12.0. The predicted octanol–water partition coefficient (Wildman–Crippen LogP) is 2.39. The molecule has 106 valence electrons. The van der Waals surface area contributed by atoms with Crippen molar-refractivity contribution in [2.45, 2.75) is 32.2 Å². The summed E-state index contributed by atoms with van der Waals surface area (Å²) < 4.78 is 4.87. The van der Waals surface area contributed by atoms with Crippen LogP contribution in [0.2, 0.25) is 5.02 Å². The third-order valence-electron chi connectivity index (χ3n) is 2.91. The van der Waals surface area contributed by atoms with Crippen molar-refractivity contribution in [3.63, 3.8) is 0 Å². The topological polar surface area (TPSA) is 72.5 Å². The van der Waals surface area contributed by atoms with Gasteiger partial charge in [0.25, 0.3) is 0 Å². The van der Waals surface area contributed by atoms with E-state index in [1.54, 1.807) is 19.1 Å². The third kappa shape index (κ3) is 4.82. The molecule has 2 unspecified atom stereocenters. The molecule has 0 aliphatic heterocycles. The van der Waals surface area contributed by atoms with E-state index in [9.17, 15) is 9.90 Å². The van der Waals surface area contributed by atoms with Crippen LogP contribution in [0.1, 0.15) is 43.4 Å². The van der Waals surface area contributed by atoms with Crippen LogP contribution in [0.25, 0.3) is 0 Å². The predicted molar refractivity (Wildman–Crippen MR) is 75.1 cm³/mol. The number of carbonyl (C=O) groups is 1. The van der Waals surface area contributed by atoms with Gasteiger partial charge in [0.05, 0.1) is 13.0 Å². The van der Waals surface area contributed by atoms with E-state index in [0.29, 0.717) is 11.6 Å². The highest BCUT2D eigenvalue weighted by Gasteiger charge is 2.15. The molecule has 0 spiro atoms. The highest BCUT2D eigenvalue weighted by Crippen LogP contribution is 2.25. The Kier molecular flexibility index (Phi) is 6.28. The van der Waals surface area contributed by atoms with E-state index in [0.717, 1.165) is 11.1 Å². The Hall–Kier alpha value is -1.10. The summed E-state index contributed by atoms with van der Waals surface area (Å²) in [6.45, 7) is 4.02. The maximum atomic E-state index is 11.4. The van der Waals surface area contributed by atoms with Crippen molar-refractivity contribution in [3.8, 4) is 0 Å². The normalized spacial score (nSPS) is 13.9. The van der Waals surface area contributed by atoms with Crippen molar-refractivity contribution in [1.82, 2.24) is 0 Å². The molecule has 0 bridgehead atoms. The number of halogens is 1. The molecule has 0 saturated heterocycles. The molecule has 1 rings (SSSR count). The SMILES string of the molecule is CCOC(=O)CC(N)c1cc(Cl)cc(C(C)CO)c1. The molecular formula is C14H20ClNO3. The smallest absolute Gasteiger partial charge is 0.307 e. The number of esters is 1. The number of hydrogen-bond donors (Lipinski definition) is 2. The van der Waals surface area contributed by atoms with E-state index < -0.39 is 6.04 Å². The Morgan fingerprint density at radius 3 is 2.63 bits per heavy atom. The lowest BCUT2D eigenvalue weighted by Gasteiger charge is -2.15. The summed E-state index contributed by atoms with van der Waals surface area (Å²) in [5.74, 6) is -0.348. The van der Waals surface area contributed by atoms with Crippen LogP contribution in [-0.2, 0) is 9.53 Å². The van der Waals surface area contributed by atoms with Crippen LogP contribution in [0.3, 0.4) is 0 Å². The van der Waals surface area contributed by atoms with Gasteiger partial charge < -0.3 is 15.6 Å². The number of carbonyl (C=O) groups excluding carboxylic acids is 1. The molecule has 0 radical (unpaired) electrons. The second kappa shape index (κ2) is 7.48. The zero-order valence-electron chi connectivity index (χ0n) is 11.2. The van der Waals surface area contributed by atoms with E-state index in [1.165, 1.54) is 0 Å². The minimum Gasteiger partial charge on any atom is -0.466 e. The van der Waals surface area contributed by atoms with E-state index >= 15 is 0 Å². The van der Waals surface area contributed by atoms with Gasteiger partial charge in [-0.2, -0.15) is 0 Å². The van der Waals surface area contributed by atoms with E-state index in [4.69, 9.17) is 22.1 Å². The highest BCUT2D eigenvalue weighted by atomic mass is 35.5. The standard InChI is InChI=1S/C14H20ClNO3/c1-3-19-14(18)7-13(16)11-4-10(9(2)8-17)5-12(15)6-11/h4-6,9,13,17H,3,7-8,16H2,1-2H3. The highest BCUT2D eigenvalue weighted by molar-refractivity contribution is 6.30. The molecule has 0 aliphatic rings. The van der Waals surface area contributed by atoms with Crippen molar-refractivity contribution in [3.05, 3.63) is 34.3 Å². The number of rotatable bonds is 6.